The molecule has 0 bridgehead atoms. The zero-order chi connectivity index (χ0) is 20.7. The number of allylic oxidation sites excluding steroid dienone is 2. The van der Waals surface area contributed by atoms with E-state index in [1.165, 1.54) is 49.6 Å². The normalized spacial score (nSPS) is 13.4. The van der Waals surface area contributed by atoms with Gasteiger partial charge in [-0.05, 0) is 31.2 Å². The summed E-state index contributed by atoms with van der Waals surface area (Å²) in [7, 11) is 2.36. The lowest BCUT2D eigenvalue weighted by atomic mass is 10.1. The first-order chi connectivity index (χ1) is 13.4. The molecule has 0 aliphatic carbocycles. The zero-order valence-electron chi connectivity index (χ0n) is 15.5. The van der Waals surface area contributed by atoms with Crippen molar-refractivity contribution in [1.82, 2.24) is 0 Å². The van der Waals surface area contributed by atoms with Gasteiger partial charge < -0.3 is 23.8 Å². The van der Waals surface area contributed by atoms with E-state index in [4.69, 9.17) is 14.2 Å². The summed E-state index contributed by atoms with van der Waals surface area (Å²) in [6, 6.07) is 4.13. The zero-order valence-corrected chi connectivity index (χ0v) is 15.5. The Morgan fingerprint density at radius 1 is 1.07 bits per heavy atom. The van der Waals surface area contributed by atoms with E-state index in [-0.39, 0.29) is 29.4 Å². The number of hydrogen-bond acceptors (Lipinski definition) is 7. The lowest BCUT2D eigenvalue weighted by Crippen LogP contribution is -2.27. The number of hydrogen-bond donors (Lipinski definition) is 0. The second kappa shape index (κ2) is 9.54. The molecule has 1 aliphatic heterocycles. The average molecular weight is 395 g/mol. The van der Waals surface area contributed by atoms with Crippen molar-refractivity contribution in [2.45, 2.75) is 13.5 Å². The maximum atomic E-state index is 12.6. The number of nitrogens with zero attached hydrogens (tertiary/aromatic N) is 1. The highest BCUT2D eigenvalue weighted by atomic mass is 19.3. The number of halogens is 2. The molecule has 28 heavy (non-hydrogen) atoms. The number of benzene rings is 1. The molecule has 0 spiro atoms. The SMILES string of the molecule is CCOc1cc(N2C=CC=CC(C(=O)OC)=C2C(=O)OC)ccc1OC(F)F. The van der Waals surface area contributed by atoms with Crippen LogP contribution in [0.4, 0.5) is 14.5 Å². The molecule has 1 aromatic rings. The molecule has 0 amide bonds. The minimum atomic E-state index is -3.02. The Kier molecular flexibility index (Phi) is 7.14. The van der Waals surface area contributed by atoms with Crippen molar-refractivity contribution in [3.05, 3.63) is 53.9 Å². The molecular formula is C19H19F2NO6. The van der Waals surface area contributed by atoms with Gasteiger partial charge in [0.05, 0.1) is 26.4 Å². The highest BCUT2D eigenvalue weighted by molar-refractivity contribution is 6.05. The van der Waals surface area contributed by atoms with Crippen LogP contribution in [-0.2, 0) is 19.1 Å². The van der Waals surface area contributed by atoms with E-state index in [1.54, 1.807) is 19.1 Å². The fourth-order valence-corrected chi connectivity index (χ4v) is 2.47. The first kappa shape index (κ1) is 20.9. The van der Waals surface area contributed by atoms with Crippen molar-refractivity contribution in [3.63, 3.8) is 0 Å². The van der Waals surface area contributed by atoms with E-state index >= 15 is 0 Å². The van der Waals surface area contributed by atoms with Gasteiger partial charge >= 0.3 is 18.6 Å². The van der Waals surface area contributed by atoms with Crippen LogP contribution in [0.1, 0.15) is 6.92 Å². The number of ether oxygens (including phenoxy) is 4. The van der Waals surface area contributed by atoms with Gasteiger partial charge in [-0.25, -0.2) is 9.59 Å². The highest BCUT2D eigenvalue weighted by Crippen LogP contribution is 2.35. The van der Waals surface area contributed by atoms with Crippen molar-refractivity contribution in [1.29, 1.82) is 0 Å². The topological polar surface area (TPSA) is 74.3 Å². The Morgan fingerprint density at radius 2 is 1.79 bits per heavy atom. The third kappa shape index (κ3) is 4.67. The Morgan fingerprint density at radius 3 is 2.39 bits per heavy atom. The van der Waals surface area contributed by atoms with E-state index in [0.29, 0.717) is 5.69 Å². The number of carbonyl (C=O) groups excluding carboxylic acids is 2. The van der Waals surface area contributed by atoms with Crippen LogP contribution >= 0.6 is 0 Å². The number of anilines is 1. The van der Waals surface area contributed by atoms with Crippen LogP contribution in [0.25, 0.3) is 0 Å². The molecule has 0 radical (unpaired) electrons. The van der Waals surface area contributed by atoms with Gasteiger partial charge in [-0.1, -0.05) is 6.08 Å². The Hall–Kier alpha value is -3.36. The maximum absolute atomic E-state index is 12.6. The first-order valence-corrected chi connectivity index (χ1v) is 8.19. The number of esters is 2. The second-order valence-corrected chi connectivity index (χ2v) is 5.26. The third-order valence-electron chi connectivity index (χ3n) is 3.61. The summed E-state index contributed by atoms with van der Waals surface area (Å²) in [4.78, 5) is 25.9. The van der Waals surface area contributed by atoms with E-state index in [1.807, 2.05) is 0 Å². The van der Waals surface area contributed by atoms with Crippen molar-refractivity contribution in [3.8, 4) is 11.5 Å². The minimum Gasteiger partial charge on any atom is -0.490 e. The third-order valence-corrected chi connectivity index (χ3v) is 3.61. The smallest absolute Gasteiger partial charge is 0.387 e. The molecule has 1 aliphatic rings. The van der Waals surface area contributed by atoms with Gasteiger partial charge in [0.2, 0.25) is 0 Å². The van der Waals surface area contributed by atoms with Crippen molar-refractivity contribution >= 4 is 17.6 Å². The molecule has 150 valence electrons. The summed E-state index contributed by atoms with van der Waals surface area (Å²) in [5.74, 6) is -1.64. The molecule has 0 N–H and O–H groups in total. The van der Waals surface area contributed by atoms with Crippen LogP contribution in [-0.4, -0.2) is 39.4 Å². The van der Waals surface area contributed by atoms with Gasteiger partial charge in [0.15, 0.2) is 11.5 Å². The largest absolute Gasteiger partial charge is 0.490 e. The summed E-state index contributed by atoms with van der Waals surface area (Å²) in [6.45, 7) is -1.14. The fraction of sp³-hybridized carbons (Fsp3) is 0.263. The van der Waals surface area contributed by atoms with Crippen LogP contribution in [0, 0.1) is 0 Å². The summed E-state index contributed by atoms with van der Waals surface area (Å²) < 4.78 is 44.6. The lowest BCUT2D eigenvalue weighted by molar-refractivity contribution is -0.139. The van der Waals surface area contributed by atoms with Crippen LogP contribution in [0.2, 0.25) is 0 Å². The predicted octanol–water partition coefficient (Wildman–Crippen LogP) is 3.18. The van der Waals surface area contributed by atoms with Crippen LogP contribution in [0.3, 0.4) is 0 Å². The summed E-state index contributed by atoms with van der Waals surface area (Å²) in [5.41, 5.74) is 0.210. The number of carbonyl (C=O) groups is 2. The maximum Gasteiger partial charge on any atom is 0.387 e. The van der Waals surface area contributed by atoms with E-state index in [9.17, 15) is 18.4 Å². The Bertz CT molecular complexity index is 832. The van der Waals surface area contributed by atoms with Crippen LogP contribution < -0.4 is 14.4 Å². The molecular weight excluding hydrogens is 376 g/mol. The quantitative estimate of drug-likeness (QED) is 0.657. The molecule has 1 heterocycles. The van der Waals surface area contributed by atoms with Gasteiger partial charge in [0.25, 0.3) is 0 Å². The van der Waals surface area contributed by atoms with E-state index < -0.39 is 18.6 Å². The molecule has 0 fully saturated rings. The van der Waals surface area contributed by atoms with Crippen molar-refractivity contribution in [2.24, 2.45) is 0 Å². The molecule has 0 unspecified atom stereocenters. The molecule has 1 aromatic carbocycles. The molecule has 7 nitrogen and oxygen atoms in total. The van der Waals surface area contributed by atoms with Crippen LogP contribution in [0.15, 0.2) is 53.9 Å². The summed E-state index contributed by atoms with van der Waals surface area (Å²) in [6.07, 6.45) is 6.05. The Labute approximate surface area is 160 Å². The molecule has 2 rings (SSSR count). The average Bonchev–Trinajstić information content (AvgIpc) is 2.91. The van der Waals surface area contributed by atoms with Gasteiger partial charge in [-0.2, -0.15) is 8.78 Å². The standard InChI is InChI=1S/C19H19F2NO6/c1-4-27-15-11-12(8-9-14(15)28-19(20)21)22-10-6-5-7-13(17(23)25-2)16(22)18(24)26-3/h5-11,19H,4H2,1-3H3. The molecule has 0 saturated heterocycles. The minimum absolute atomic E-state index is 0.0368. The number of methoxy groups -OCH3 is 2. The van der Waals surface area contributed by atoms with Crippen molar-refractivity contribution < 1.29 is 37.3 Å². The monoisotopic (exact) mass is 395 g/mol. The highest BCUT2D eigenvalue weighted by Gasteiger charge is 2.28. The van der Waals surface area contributed by atoms with E-state index in [0.717, 1.165) is 0 Å². The van der Waals surface area contributed by atoms with Crippen LogP contribution in [0.5, 0.6) is 11.5 Å². The molecule has 0 saturated carbocycles. The van der Waals surface area contributed by atoms with Gasteiger partial charge in [-0.3, -0.25) is 0 Å². The summed E-state index contributed by atoms with van der Waals surface area (Å²) in [5, 5.41) is 0. The molecule has 0 atom stereocenters. The van der Waals surface area contributed by atoms with E-state index in [2.05, 4.69) is 4.74 Å². The summed E-state index contributed by atoms with van der Waals surface area (Å²) >= 11 is 0. The predicted molar refractivity (Wildman–Crippen MR) is 96.1 cm³/mol. The number of rotatable bonds is 7. The van der Waals surface area contributed by atoms with Gasteiger partial charge in [-0.15, -0.1) is 0 Å². The fourth-order valence-electron chi connectivity index (χ4n) is 2.47. The second-order valence-electron chi connectivity index (χ2n) is 5.26. The molecule has 0 aromatic heterocycles. The lowest BCUT2D eigenvalue weighted by Gasteiger charge is -2.24. The molecule has 9 heteroatoms. The van der Waals surface area contributed by atoms with Gasteiger partial charge in [0, 0.05) is 18.0 Å². The number of alkyl halides is 2. The van der Waals surface area contributed by atoms with Gasteiger partial charge in [0.1, 0.15) is 5.70 Å². The van der Waals surface area contributed by atoms with Crippen molar-refractivity contribution in [2.75, 3.05) is 25.7 Å². The first-order valence-electron chi connectivity index (χ1n) is 8.19. The Balaban J connectivity index is 2.61.